The molecule has 1 aromatic heterocycles. The Hall–Kier alpha value is -1.43. The van der Waals surface area contributed by atoms with Gasteiger partial charge in [-0.2, -0.15) is 4.98 Å². The maximum absolute atomic E-state index is 10.9. The van der Waals surface area contributed by atoms with E-state index in [0.717, 1.165) is 0 Å². The molecule has 1 atom stereocenters. The molecule has 0 aliphatic carbocycles. The molecule has 1 unspecified atom stereocenters. The van der Waals surface area contributed by atoms with Crippen LogP contribution < -0.4 is 10.6 Å². The first kappa shape index (κ1) is 10.1. The highest BCUT2D eigenvalue weighted by atomic mass is 16.5. The molecule has 2 rings (SSSR count). The Kier molecular flexibility index (Phi) is 2.68. The fraction of sp³-hybridized carbons (Fsp3) is 0.667. The van der Waals surface area contributed by atoms with Crippen LogP contribution in [0.3, 0.4) is 0 Å². The third kappa shape index (κ3) is 2.15. The van der Waals surface area contributed by atoms with E-state index in [1.54, 1.807) is 0 Å². The molecule has 82 valence electrons. The molecule has 1 amide bonds. The molecule has 0 aromatic carbocycles. The van der Waals surface area contributed by atoms with Crippen molar-refractivity contribution in [1.29, 1.82) is 0 Å². The zero-order valence-corrected chi connectivity index (χ0v) is 8.78. The fourth-order valence-electron chi connectivity index (χ4n) is 1.36. The van der Waals surface area contributed by atoms with E-state index in [2.05, 4.69) is 20.8 Å². The number of hydrogen-bond donors (Lipinski definition) is 2. The van der Waals surface area contributed by atoms with E-state index in [4.69, 9.17) is 4.52 Å². The van der Waals surface area contributed by atoms with Crippen molar-refractivity contribution in [3.05, 3.63) is 11.7 Å². The molecule has 6 heteroatoms. The number of carbonyl (C=O) groups is 1. The molecule has 15 heavy (non-hydrogen) atoms. The lowest BCUT2D eigenvalue weighted by atomic mass is 10.2. The van der Waals surface area contributed by atoms with Gasteiger partial charge in [0.2, 0.25) is 11.8 Å². The number of nitrogens with one attached hydrogen (secondary N) is 2. The number of rotatable bonds is 2. The van der Waals surface area contributed by atoms with Crippen LogP contribution in [0.4, 0.5) is 0 Å². The van der Waals surface area contributed by atoms with Crippen LogP contribution in [0, 0.1) is 0 Å². The molecule has 2 N–H and O–H groups in total. The number of carbonyl (C=O) groups excluding carboxylic acids is 1. The summed E-state index contributed by atoms with van der Waals surface area (Å²) >= 11 is 0. The van der Waals surface area contributed by atoms with Gasteiger partial charge < -0.3 is 9.84 Å². The molecule has 1 saturated heterocycles. The molecule has 1 aromatic rings. The summed E-state index contributed by atoms with van der Waals surface area (Å²) in [5.74, 6) is 1.48. The summed E-state index contributed by atoms with van der Waals surface area (Å²) in [6.07, 6.45) is 0. The minimum absolute atomic E-state index is 0.00477. The predicted molar refractivity (Wildman–Crippen MR) is 52.1 cm³/mol. The lowest BCUT2D eigenvalue weighted by Gasteiger charge is -2.20. The van der Waals surface area contributed by atoms with Crippen molar-refractivity contribution in [3.8, 4) is 0 Å². The minimum Gasteiger partial charge on any atom is -0.353 e. The van der Waals surface area contributed by atoms with E-state index in [0.29, 0.717) is 24.8 Å². The van der Waals surface area contributed by atoms with Crippen LogP contribution in [-0.4, -0.2) is 29.1 Å². The number of piperazine rings is 1. The lowest BCUT2D eigenvalue weighted by molar-refractivity contribution is -0.121. The summed E-state index contributed by atoms with van der Waals surface area (Å²) in [6.45, 7) is 4.80. The number of amides is 1. The second kappa shape index (κ2) is 3.98. The Morgan fingerprint density at radius 1 is 1.53 bits per heavy atom. The highest BCUT2D eigenvalue weighted by Crippen LogP contribution is 2.15. The second-order valence-electron chi connectivity index (χ2n) is 3.88. The Labute approximate surface area is 87.4 Å². The first-order valence-corrected chi connectivity index (χ1v) is 5.00. The standard InChI is InChI=1S/C9H14N4O2/c1-5(2)8-12-9(15-13-8)6-3-11-7(14)4-10-6/h5-6,10H,3-4H2,1-2H3,(H,11,14). The quantitative estimate of drug-likeness (QED) is 0.715. The van der Waals surface area contributed by atoms with E-state index in [-0.39, 0.29) is 17.9 Å². The summed E-state index contributed by atoms with van der Waals surface area (Å²) < 4.78 is 5.13. The fourth-order valence-corrected chi connectivity index (χ4v) is 1.36. The van der Waals surface area contributed by atoms with Crippen molar-refractivity contribution >= 4 is 5.91 Å². The van der Waals surface area contributed by atoms with Gasteiger partial charge in [0, 0.05) is 12.5 Å². The van der Waals surface area contributed by atoms with Crippen LogP contribution in [-0.2, 0) is 4.79 Å². The second-order valence-corrected chi connectivity index (χ2v) is 3.88. The zero-order valence-electron chi connectivity index (χ0n) is 8.78. The maximum atomic E-state index is 10.9. The summed E-state index contributed by atoms with van der Waals surface area (Å²) in [7, 11) is 0. The van der Waals surface area contributed by atoms with Gasteiger partial charge in [-0.3, -0.25) is 10.1 Å². The van der Waals surface area contributed by atoms with E-state index < -0.39 is 0 Å². The first-order chi connectivity index (χ1) is 7.16. The monoisotopic (exact) mass is 210 g/mol. The molecule has 0 spiro atoms. The highest BCUT2D eigenvalue weighted by molar-refractivity contribution is 5.78. The van der Waals surface area contributed by atoms with Gasteiger partial charge in [-0.15, -0.1) is 0 Å². The Morgan fingerprint density at radius 2 is 2.33 bits per heavy atom. The largest absolute Gasteiger partial charge is 0.353 e. The number of hydrogen-bond acceptors (Lipinski definition) is 5. The average molecular weight is 210 g/mol. The lowest BCUT2D eigenvalue weighted by Crippen LogP contribution is -2.47. The summed E-state index contributed by atoms with van der Waals surface area (Å²) in [6, 6.07) is -0.0669. The van der Waals surface area contributed by atoms with Crippen LogP contribution in [0.25, 0.3) is 0 Å². The summed E-state index contributed by atoms with van der Waals surface area (Å²) in [4.78, 5) is 15.2. The molecule has 2 heterocycles. The summed E-state index contributed by atoms with van der Waals surface area (Å²) in [5.41, 5.74) is 0. The number of aromatic nitrogens is 2. The first-order valence-electron chi connectivity index (χ1n) is 5.00. The van der Waals surface area contributed by atoms with Gasteiger partial charge in [0.15, 0.2) is 5.82 Å². The van der Waals surface area contributed by atoms with Gasteiger partial charge in [-0.25, -0.2) is 0 Å². The van der Waals surface area contributed by atoms with Gasteiger partial charge in [-0.05, 0) is 0 Å². The van der Waals surface area contributed by atoms with E-state index in [1.807, 2.05) is 13.8 Å². The van der Waals surface area contributed by atoms with Crippen LogP contribution in [0.1, 0.15) is 37.5 Å². The van der Waals surface area contributed by atoms with Crippen LogP contribution >= 0.6 is 0 Å². The predicted octanol–water partition coefficient (Wildman–Crippen LogP) is -0.0465. The summed E-state index contributed by atoms with van der Waals surface area (Å²) in [5, 5.41) is 9.64. The normalized spacial score (nSPS) is 21.8. The third-order valence-electron chi connectivity index (χ3n) is 2.28. The van der Waals surface area contributed by atoms with E-state index >= 15 is 0 Å². The molecule has 0 radical (unpaired) electrons. The molecular formula is C9H14N4O2. The highest BCUT2D eigenvalue weighted by Gasteiger charge is 2.24. The Bertz CT molecular complexity index is 351. The SMILES string of the molecule is CC(C)c1noc(C2CNC(=O)CN2)n1. The van der Waals surface area contributed by atoms with Gasteiger partial charge in [0.25, 0.3) is 0 Å². The van der Waals surface area contributed by atoms with E-state index in [9.17, 15) is 4.79 Å². The number of nitrogens with zero attached hydrogens (tertiary/aromatic N) is 2. The van der Waals surface area contributed by atoms with Gasteiger partial charge >= 0.3 is 0 Å². The van der Waals surface area contributed by atoms with Crippen molar-refractivity contribution in [1.82, 2.24) is 20.8 Å². The van der Waals surface area contributed by atoms with Gasteiger partial charge in [0.05, 0.1) is 6.54 Å². The molecule has 1 aliphatic heterocycles. The van der Waals surface area contributed by atoms with Crippen LogP contribution in [0.15, 0.2) is 4.52 Å². The smallest absolute Gasteiger partial charge is 0.245 e. The Balaban J connectivity index is 2.06. The topological polar surface area (TPSA) is 80.0 Å². The Morgan fingerprint density at radius 3 is 2.87 bits per heavy atom. The molecule has 0 bridgehead atoms. The average Bonchev–Trinajstić information content (AvgIpc) is 2.68. The molecule has 6 nitrogen and oxygen atoms in total. The molecule has 1 fully saturated rings. The molecular weight excluding hydrogens is 196 g/mol. The van der Waals surface area contributed by atoms with Gasteiger partial charge in [-0.1, -0.05) is 19.0 Å². The molecule has 1 aliphatic rings. The maximum Gasteiger partial charge on any atom is 0.245 e. The van der Waals surface area contributed by atoms with Crippen molar-refractivity contribution in [2.45, 2.75) is 25.8 Å². The zero-order chi connectivity index (χ0) is 10.8. The van der Waals surface area contributed by atoms with Crippen molar-refractivity contribution in [2.75, 3.05) is 13.1 Å². The van der Waals surface area contributed by atoms with Crippen LogP contribution in [0.5, 0.6) is 0 Å². The van der Waals surface area contributed by atoms with Crippen molar-refractivity contribution < 1.29 is 9.32 Å². The van der Waals surface area contributed by atoms with Gasteiger partial charge in [0.1, 0.15) is 6.04 Å². The third-order valence-corrected chi connectivity index (χ3v) is 2.28. The molecule has 0 saturated carbocycles. The van der Waals surface area contributed by atoms with Crippen molar-refractivity contribution in [3.63, 3.8) is 0 Å². The minimum atomic E-state index is -0.0669. The van der Waals surface area contributed by atoms with Crippen LogP contribution in [0.2, 0.25) is 0 Å². The van der Waals surface area contributed by atoms with Crippen molar-refractivity contribution in [2.24, 2.45) is 0 Å². The van der Waals surface area contributed by atoms with E-state index in [1.165, 1.54) is 0 Å².